The molecule has 26 heavy (non-hydrogen) atoms. The van der Waals surface area contributed by atoms with Crippen LogP contribution in [0.3, 0.4) is 0 Å². The summed E-state index contributed by atoms with van der Waals surface area (Å²) in [5.74, 6) is 0.540. The van der Waals surface area contributed by atoms with E-state index in [1.165, 1.54) is 0 Å². The van der Waals surface area contributed by atoms with Crippen molar-refractivity contribution in [1.82, 2.24) is 5.32 Å². The van der Waals surface area contributed by atoms with Gasteiger partial charge < -0.3 is 24.3 Å². The van der Waals surface area contributed by atoms with E-state index in [4.69, 9.17) is 18.9 Å². The molecule has 4 rings (SSSR count). The number of benzene rings is 2. The third-order valence-corrected chi connectivity index (χ3v) is 4.77. The summed E-state index contributed by atoms with van der Waals surface area (Å²) >= 11 is 3.43. The number of hydrogen-bond acceptors (Lipinski definition) is 6. The Hall–Kier alpha value is -2.74. The molecule has 134 valence electrons. The summed E-state index contributed by atoms with van der Waals surface area (Å²) in [6, 6.07) is 11.7. The Morgan fingerprint density at radius 2 is 1.92 bits per heavy atom. The number of alkyl carbamates (subject to hydrolysis) is 1. The third-order valence-electron chi connectivity index (χ3n) is 4.09. The van der Waals surface area contributed by atoms with Crippen LogP contribution in [0.2, 0.25) is 0 Å². The maximum absolute atomic E-state index is 12.5. The highest BCUT2D eigenvalue weighted by Crippen LogP contribution is 2.41. The van der Waals surface area contributed by atoms with Gasteiger partial charge in [0.05, 0.1) is 0 Å². The van der Waals surface area contributed by atoms with Gasteiger partial charge in [0.1, 0.15) is 6.61 Å². The van der Waals surface area contributed by atoms with Gasteiger partial charge in [-0.3, -0.25) is 0 Å². The summed E-state index contributed by atoms with van der Waals surface area (Å²) < 4.78 is 22.0. The molecule has 2 aromatic rings. The Morgan fingerprint density at radius 1 is 1.19 bits per heavy atom. The zero-order valence-corrected chi connectivity index (χ0v) is 15.0. The smallest absolute Gasteiger partial charge is 0.408 e. The van der Waals surface area contributed by atoms with Gasteiger partial charge in [0.2, 0.25) is 6.79 Å². The lowest BCUT2D eigenvalue weighted by molar-refractivity contribution is -0.148. The van der Waals surface area contributed by atoms with Gasteiger partial charge in [0, 0.05) is 10.0 Å². The number of rotatable bonds is 4. The average molecular weight is 420 g/mol. The molecule has 2 atom stereocenters. The first-order valence-corrected chi connectivity index (χ1v) is 8.68. The second-order valence-electron chi connectivity index (χ2n) is 5.77. The third kappa shape index (κ3) is 3.20. The number of fused-ring (bicyclic) bond motifs is 1. The summed E-state index contributed by atoms with van der Waals surface area (Å²) in [7, 11) is 0. The summed E-state index contributed by atoms with van der Waals surface area (Å²) in [6.45, 7) is 0.234. The highest BCUT2D eigenvalue weighted by molar-refractivity contribution is 9.10. The standard InChI is InChI=1S/C18H14BrNO6/c19-12-7-14-13(24-9-25-14)6-11(12)16-15(20-18(22)26-16)17(21)23-8-10-4-2-1-3-5-10/h1-7,15-16H,8-9H2,(H,20,22). The molecule has 1 N–H and O–H groups in total. The van der Waals surface area contributed by atoms with Gasteiger partial charge >= 0.3 is 12.1 Å². The maximum Gasteiger partial charge on any atom is 0.408 e. The van der Waals surface area contributed by atoms with E-state index >= 15 is 0 Å². The van der Waals surface area contributed by atoms with Crippen molar-refractivity contribution in [2.24, 2.45) is 0 Å². The van der Waals surface area contributed by atoms with Crippen LogP contribution in [0.4, 0.5) is 4.79 Å². The molecule has 7 nitrogen and oxygen atoms in total. The second kappa shape index (κ2) is 6.87. The van der Waals surface area contributed by atoms with Crippen molar-refractivity contribution in [1.29, 1.82) is 0 Å². The Labute approximate surface area is 157 Å². The molecule has 0 aliphatic carbocycles. The predicted molar refractivity (Wildman–Crippen MR) is 92.6 cm³/mol. The van der Waals surface area contributed by atoms with Crippen LogP contribution in [0.5, 0.6) is 11.5 Å². The molecular formula is C18H14BrNO6. The molecule has 0 saturated carbocycles. The molecule has 1 saturated heterocycles. The molecule has 0 bridgehead atoms. The van der Waals surface area contributed by atoms with Crippen molar-refractivity contribution in [2.45, 2.75) is 18.8 Å². The Bertz CT molecular complexity index is 856. The molecule has 2 aliphatic rings. The van der Waals surface area contributed by atoms with Crippen LogP contribution in [0, 0.1) is 0 Å². The predicted octanol–water partition coefficient (Wildman–Crippen LogP) is 3.07. The molecule has 2 aromatic carbocycles. The van der Waals surface area contributed by atoms with Gasteiger partial charge in [-0.05, 0) is 17.7 Å². The summed E-state index contributed by atoms with van der Waals surface area (Å²) in [6.07, 6.45) is -1.52. The molecule has 0 aromatic heterocycles. The van der Waals surface area contributed by atoms with Gasteiger partial charge in [-0.25, -0.2) is 9.59 Å². The van der Waals surface area contributed by atoms with Crippen molar-refractivity contribution in [3.8, 4) is 11.5 Å². The van der Waals surface area contributed by atoms with Crippen LogP contribution in [-0.2, 0) is 20.9 Å². The van der Waals surface area contributed by atoms with E-state index in [0.717, 1.165) is 5.56 Å². The molecule has 2 unspecified atom stereocenters. The first-order valence-electron chi connectivity index (χ1n) is 7.88. The van der Waals surface area contributed by atoms with Crippen molar-refractivity contribution in [2.75, 3.05) is 6.79 Å². The fraction of sp³-hybridized carbons (Fsp3) is 0.222. The van der Waals surface area contributed by atoms with E-state index in [9.17, 15) is 9.59 Å². The monoisotopic (exact) mass is 419 g/mol. The number of hydrogen-bond donors (Lipinski definition) is 1. The van der Waals surface area contributed by atoms with Crippen molar-refractivity contribution >= 4 is 28.0 Å². The zero-order chi connectivity index (χ0) is 18.1. The quantitative estimate of drug-likeness (QED) is 0.766. The topological polar surface area (TPSA) is 83.1 Å². The lowest BCUT2D eigenvalue weighted by atomic mass is 10.0. The normalized spacial score (nSPS) is 20.4. The Morgan fingerprint density at radius 3 is 2.69 bits per heavy atom. The number of halogens is 1. The van der Waals surface area contributed by atoms with Gasteiger partial charge in [0.25, 0.3) is 0 Å². The van der Waals surface area contributed by atoms with Crippen LogP contribution in [0.15, 0.2) is 46.9 Å². The van der Waals surface area contributed by atoms with Crippen LogP contribution in [-0.4, -0.2) is 24.9 Å². The molecule has 0 spiro atoms. The maximum atomic E-state index is 12.5. The van der Waals surface area contributed by atoms with E-state index in [2.05, 4.69) is 21.2 Å². The molecule has 0 radical (unpaired) electrons. The summed E-state index contributed by atoms with van der Waals surface area (Å²) in [5.41, 5.74) is 1.45. The minimum atomic E-state index is -0.956. The van der Waals surface area contributed by atoms with E-state index in [-0.39, 0.29) is 13.4 Å². The van der Waals surface area contributed by atoms with Gasteiger partial charge in [-0.15, -0.1) is 0 Å². The summed E-state index contributed by atoms with van der Waals surface area (Å²) in [4.78, 5) is 24.3. The van der Waals surface area contributed by atoms with Crippen LogP contribution in [0.1, 0.15) is 17.2 Å². The van der Waals surface area contributed by atoms with Gasteiger partial charge in [0.15, 0.2) is 23.6 Å². The van der Waals surface area contributed by atoms with E-state index in [0.29, 0.717) is 21.5 Å². The van der Waals surface area contributed by atoms with Crippen LogP contribution in [0.25, 0.3) is 0 Å². The van der Waals surface area contributed by atoms with Crippen molar-refractivity contribution in [3.63, 3.8) is 0 Å². The molecule has 8 heteroatoms. The highest BCUT2D eigenvalue weighted by atomic mass is 79.9. The number of amides is 1. The lowest BCUT2D eigenvalue weighted by Crippen LogP contribution is -2.37. The minimum absolute atomic E-state index is 0.112. The number of carbonyl (C=O) groups is 2. The SMILES string of the molecule is O=C1NC(C(=O)OCc2ccccc2)C(c2cc3c(cc2Br)OCO3)O1. The number of nitrogens with one attached hydrogen (secondary N) is 1. The molecule has 1 fully saturated rings. The number of esters is 1. The van der Waals surface area contributed by atoms with E-state index < -0.39 is 24.2 Å². The lowest BCUT2D eigenvalue weighted by Gasteiger charge is -2.18. The fourth-order valence-corrected chi connectivity index (χ4v) is 3.36. The summed E-state index contributed by atoms with van der Waals surface area (Å²) in [5, 5.41) is 2.50. The zero-order valence-electron chi connectivity index (χ0n) is 13.4. The molecule has 1 amide bonds. The highest BCUT2D eigenvalue weighted by Gasteiger charge is 2.43. The molecule has 2 aliphatic heterocycles. The van der Waals surface area contributed by atoms with Crippen molar-refractivity contribution in [3.05, 3.63) is 58.1 Å². The van der Waals surface area contributed by atoms with Crippen LogP contribution < -0.4 is 14.8 Å². The minimum Gasteiger partial charge on any atom is -0.459 e. The largest absolute Gasteiger partial charge is 0.459 e. The fourth-order valence-electron chi connectivity index (χ4n) is 2.81. The van der Waals surface area contributed by atoms with Crippen LogP contribution >= 0.6 is 15.9 Å². The average Bonchev–Trinajstić information content (AvgIpc) is 3.25. The van der Waals surface area contributed by atoms with E-state index in [1.807, 2.05) is 30.3 Å². The molecular weight excluding hydrogens is 406 g/mol. The second-order valence-corrected chi connectivity index (χ2v) is 6.62. The number of cyclic esters (lactones) is 1. The first kappa shape index (κ1) is 16.7. The Balaban J connectivity index is 1.54. The number of carbonyl (C=O) groups excluding carboxylic acids is 2. The first-order chi connectivity index (χ1) is 12.6. The van der Waals surface area contributed by atoms with E-state index in [1.54, 1.807) is 12.1 Å². The Kier molecular flexibility index (Phi) is 4.42. The van der Waals surface area contributed by atoms with Crippen molar-refractivity contribution < 1.29 is 28.5 Å². The number of ether oxygens (including phenoxy) is 4. The van der Waals surface area contributed by atoms with Gasteiger partial charge in [-0.2, -0.15) is 0 Å². The molecule has 2 heterocycles. The van der Waals surface area contributed by atoms with Gasteiger partial charge in [-0.1, -0.05) is 46.3 Å².